The van der Waals surface area contributed by atoms with Gasteiger partial charge in [0.2, 0.25) is 0 Å². The average molecular weight is 251 g/mol. The predicted molar refractivity (Wildman–Crippen MR) is 80.1 cm³/mol. The molecule has 1 unspecified atom stereocenters. The highest BCUT2D eigenvalue weighted by molar-refractivity contribution is 7.80. The van der Waals surface area contributed by atoms with Crippen molar-refractivity contribution >= 4 is 12.6 Å². The normalized spacial score (nSPS) is 13.8. The summed E-state index contributed by atoms with van der Waals surface area (Å²) in [6.45, 7) is 8.96. The Morgan fingerprint density at radius 1 is 1.29 bits per heavy atom. The number of hydrogen-bond acceptors (Lipinski definition) is 2. The molecule has 17 heavy (non-hydrogen) atoms. The Morgan fingerprint density at radius 3 is 2.41 bits per heavy atom. The van der Waals surface area contributed by atoms with Crippen LogP contribution >= 0.6 is 12.6 Å². The summed E-state index contributed by atoms with van der Waals surface area (Å²) < 4.78 is 0. The minimum Gasteiger partial charge on any atom is -0.313 e. The Bertz CT molecular complexity index is 366. The molecule has 2 heteroatoms. The Morgan fingerprint density at radius 2 is 1.94 bits per heavy atom. The van der Waals surface area contributed by atoms with Crippen LogP contribution in [0.3, 0.4) is 0 Å². The first-order valence-corrected chi connectivity index (χ1v) is 6.92. The molecule has 0 aliphatic rings. The van der Waals surface area contributed by atoms with E-state index in [4.69, 9.17) is 0 Å². The SMILES string of the molecule is CNC(CCS)c1cc(C(C)(C)C)ccc1C. The zero-order chi connectivity index (χ0) is 13.1. The Labute approximate surface area is 111 Å². The molecule has 1 aromatic rings. The van der Waals surface area contributed by atoms with E-state index in [0.29, 0.717) is 6.04 Å². The Balaban J connectivity index is 3.13. The molecule has 0 amide bonds. The standard InChI is InChI=1S/C15H25NS/c1-11-6-7-12(15(2,3)4)10-13(11)14(16-5)8-9-17/h6-7,10,14,16-17H,8-9H2,1-5H3. The summed E-state index contributed by atoms with van der Waals surface area (Å²) in [4.78, 5) is 0. The quantitative estimate of drug-likeness (QED) is 0.774. The maximum atomic E-state index is 4.34. The van der Waals surface area contributed by atoms with Gasteiger partial charge in [-0.2, -0.15) is 12.6 Å². The lowest BCUT2D eigenvalue weighted by atomic mass is 9.84. The first-order chi connectivity index (χ1) is 7.90. The van der Waals surface area contributed by atoms with Gasteiger partial charge in [-0.25, -0.2) is 0 Å². The van der Waals surface area contributed by atoms with Crippen molar-refractivity contribution < 1.29 is 0 Å². The van der Waals surface area contributed by atoms with E-state index >= 15 is 0 Å². The lowest BCUT2D eigenvalue weighted by Gasteiger charge is -2.24. The molecule has 0 aliphatic carbocycles. The van der Waals surface area contributed by atoms with Gasteiger partial charge in [0.25, 0.3) is 0 Å². The van der Waals surface area contributed by atoms with Gasteiger partial charge in [0.05, 0.1) is 0 Å². The lowest BCUT2D eigenvalue weighted by molar-refractivity contribution is 0.564. The van der Waals surface area contributed by atoms with Gasteiger partial charge in [0.1, 0.15) is 0 Å². The van der Waals surface area contributed by atoms with Crippen molar-refractivity contribution in [3.05, 3.63) is 34.9 Å². The van der Waals surface area contributed by atoms with E-state index in [-0.39, 0.29) is 5.41 Å². The van der Waals surface area contributed by atoms with Gasteiger partial charge in [-0.3, -0.25) is 0 Å². The lowest BCUT2D eigenvalue weighted by Crippen LogP contribution is -2.19. The van der Waals surface area contributed by atoms with Crippen molar-refractivity contribution in [2.75, 3.05) is 12.8 Å². The fraction of sp³-hybridized carbons (Fsp3) is 0.600. The van der Waals surface area contributed by atoms with Crippen LogP contribution in [0.2, 0.25) is 0 Å². The number of benzene rings is 1. The summed E-state index contributed by atoms with van der Waals surface area (Å²) in [5.41, 5.74) is 4.38. The Kier molecular flexibility index (Phi) is 5.08. The van der Waals surface area contributed by atoms with E-state index in [0.717, 1.165) is 12.2 Å². The second kappa shape index (κ2) is 5.92. The summed E-state index contributed by atoms with van der Waals surface area (Å²) in [6.07, 6.45) is 1.06. The molecule has 1 rings (SSSR count). The smallest absolute Gasteiger partial charge is 0.0328 e. The van der Waals surface area contributed by atoms with Crippen molar-refractivity contribution in [3.63, 3.8) is 0 Å². The topological polar surface area (TPSA) is 12.0 Å². The molecule has 0 spiro atoms. The van der Waals surface area contributed by atoms with Gasteiger partial charge in [0.15, 0.2) is 0 Å². The van der Waals surface area contributed by atoms with Gasteiger partial charge >= 0.3 is 0 Å². The first kappa shape index (κ1) is 14.6. The maximum Gasteiger partial charge on any atom is 0.0328 e. The predicted octanol–water partition coefficient (Wildman–Crippen LogP) is 3.87. The first-order valence-electron chi connectivity index (χ1n) is 6.29. The van der Waals surface area contributed by atoms with Crippen molar-refractivity contribution in [3.8, 4) is 0 Å². The van der Waals surface area contributed by atoms with Gasteiger partial charge in [-0.15, -0.1) is 0 Å². The molecule has 1 N–H and O–H groups in total. The van der Waals surface area contributed by atoms with Crippen LogP contribution in [0, 0.1) is 6.92 Å². The van der Waals surface area contributed by atoms with Gasteiger partial charge < -0.3 is 5.32 Å². The van der Waals surface area contributed by atoms with Gasteiger partial charge in [0, 0.05) is 6.04 Å². The summed E-state index contributed by atoms with van der Waals surface area (Å²) in [5, 5.41) is 3.39. The minimum atomic E-state index is 0.210. The molecule has 96 valence electrons. The number of rotatable bonds is 4. The van der Waals surface area contributed by atoms with Crippen molar-refractivity contribution in [1.29, 1.82) is 0 Å². The molecular weight excluding hydrogens is 226 g/mol. The fourth-order valence-electron chi connectivity index (χ4n) is 2.07. The van der Waals surface area contributed by atoms with Crippen LogP contribution < -0.4 is 5.32 Å². The minimum absolute atomic E-state index is 0.210. The number of nitrogens with one attached hydrogen (secondary N) is 1. The molecule has 0 bridgehead atoms. The van der Waals surface area contributed by atoms with E-state index in [1.54, 1.807) is 0 Å². The third-order valence-corrected chi connectivity index (χ3v) is 3.55. The van der Waals surface area contributed by atoms with Crippen LogP contribution in [0.4, 0.5) is 0 Å². The molecular formula is C15H25NS. The molecule has 1 aromatic carbocycles. The van der Waals surface area contributed by atoms with Crippen molar-refractivity contribution in [2.24, 2.45) is 0 Å². The van der Waals surface area contributed by atoms with Crippen molar-refractivity contribution in [1.82, 2.24) is 5.32 Å². The van der Waals surface area contributed by atoms with Crippen LogP contribution in [-0.4, -0.2) is 12.8 Å². The second-order valence-electron chi connectivity index (χ2n) is 5.67. The summed E-state index contributed by atoms with van der Waals surface area (Å²) in [7, 11) is 2.03. The van der Waals surface area contributed by atoms with E-state index in [1.807, 2.05) is 7.05 Å². The highest BCUT2D eigenvalue weighted by atomic mass is 32.1. The molecule has 0 saturated heterocycles. The Hall–Kier alpha value is -0.470. The zero-order valence-corrected chi connectivity index (χ0v) is 12.6. The monoisotopic (exact) mass is 251 g/mol. The van der Waals surface area contributed by atoms with E-state index in [9.17, 15) is 0 Å². The van der Waals surface area contributed by atoms with E-state index in [1.165, 1.54) is 16.7 Å². The molecule has 0 aliphatic heterocycles. The van der Waals surface area contributed by atoms with Gasteiger partial charge in [-0.1, -0.05) is 39.0 Å². The average Bonchev–Trinajstić information content (AvgIpc) is 2.25. The second-order valence-corrected chi connectivity index (χ2v) is 6.12. The van der Waals surface area contributed by atoms with Crippen LogP contribution in [0.25, 0.3) is 0 Å². The van der Waals surface area contributed by atoms with Crippen LogP contribution in [-0.2, 0) is 5.41 Å². The highest BCUT2D eigenvalue weighted by Gasteiger charge is 2.17. The highest BCUT2D eigenvalue weighted by Crippen LogP contribution is 2.28. The van der Waals surface area contributed by atoms with Crippen LogP contribution in [0.15, 0.2) is 18.2 Å². The van der Waals surface area contributed by atoms with E-state index in [2.05, 4.69) is 63.8 Å². The van der Waals surface area contributed by atoms with E-state index < -0.39 is 0 Å². The largest absolute Gasteiger partial charge is 0.313 e. The molecule has 0 fully saturated rings. The summed E-state index contributed by atoms with van der Waals surface area (Å²) >= 11 is 4.34. The van der Waals surface area contributed by atoms with Crippen LogP contribution in [0.1, 0.15) is 49.9 Å². The number of hydrogen-bond donors (Lipinski definition) is 2. The molecule has 1 atom stereocenters. The maximum absolute atomic E-state index is 4.34. The number of thiol groups is 1. The van der Waals surface area contributed by atoms with Gasteiger partial charge in [-0.05, 0) is 48.3 Å². The summed E-state index contributed by atoms with van der Waals surface area (Å²) in [6, 6.07) is 7.24. The molecule has 0 radical (unpaired) electrons. The molecule has 0 aromatic heterocycles. The third-order valence-electron chi connectivity index (χ3n) is 3.29. The third kappa shape index (κ3) is 3.75. The molecule has 0 saturated carbocycles. The fourth-order valence-corrected chi connectivity index (χ4v) is 2.33. The molecule has 1 nitrogen and oxygen atoms in total. The molecule has 0 heterocycles. The number of aryl methyl sites for hydroxylation is 1. The van der Waals surface area contributed by atoms with Crippen molar-refractivity contribution in [2.45, 2.75) is 45.6 Å². The van der Waals surface area contributed by atoms with Crippen LogP contribution in [0.5, 0.6) is 0 Å². The zero-order valence-electron chi connectivity index (χ0n) is 11.7. The summed E-state index contributed by atoms with van der Waals surface area (Å²) in [5.74, 6) is 0.907.